The molecule has 0 aromatic heterocycles. The summed E-state index contributed by atoms with van der Waals surface area (Å²) in [6.07, 6.45) is 2.16. The van der Waals surface area contributed by atoms with Crippen molar-refractivity contribution in [1.82, 2.24) is 5.32 Å². The highest BCUT2D eigenvalue weighted by molar-refractivity contribution is 5.89. The molecule has 2 fully saturated rings. The number of nitrogens with zero attached hydrogens (tertiary/aromatic N) is 2. The second kappa shape index (κ2) is 7.23. The molecule has 136 valence electrons. The lowest BCUT2D eigenvalue weighted by Crippen LogP contribution is -2.46. The number of carbonyl (C=O) groups is 1. The molecule has 2 amide bonds. The minimum atomic E-state index is -0.202. The Morgan fingerprint density at radius 2 is 1.35 bits per heavy atom. The van der Waals surface area contributed by atoms with Crippen LogP contribution >= 0.6 is 0 Å². The van der Waals surface area contributed by atoms with Crippen LogP contribution in [0.1, 0.15) is 12.8 Å². The summed E-state index contributed by atoms with van der Waals surface area (Å²) >= 11 is 0. The van der Waals surface area contributed by atoms with E-state index < -0.39 is 0 Å². The van der Waals surface area contributed by atoms with E-state index in [-0.39, 0.29) is 11.8 Å². The summed E-state index contributed by atoms with van der Waals surface area (Å²) in [4.78, 5) is 16.4. The van der Waals surface area contributed by atoms with Gasteiger partial charge in [-0.2, -0.15) is 0 Å². The number of halogens is 1. The number of urea groups is 1. The lowest BCUT2D eigenvalue weighted by molar-refractivity contribution is 0.251. The number of nitrogens with one attached hydrogen (secondary N) is 2. The first-order chi connectivity index (χ1) is 12.7. The standard InChI is InChI=1S/C20H23FN4O/c21-15-1-7-18(8-2-15)24-11-13-25(14-12-24)19-9-5-17(6-10-19)23-20(26)22-16-3-4-16/h1-2,5-10,16H,3-4,11-14H2,(H2,22,23,26). The van der Waals surface area contributed by atoms with Gasteiger partial charge in [-0.3, -0.25) is 0 Å². The second-order valence-electron chi connectivity index (χ2n) is 6.87. The molecule has 2 N–H and O–H groups in total. The predicted molar refractivity (Wildman–Crippen MR) is 102 cm³/mol. The maximum Gasteiger partial charge on any atom is 0.319 e. The number of hydrogen-bond donors (Lipinski definition) is 2. The molecule has 4 rings (SSSR count). The van der Waals surface area contributed by atoms with Gasteiger partial charge in [-0.15, -0.1) is 0 Å². The molecule has 0 atom stereocenters. The Kier molecular flexibility index (Phi) is 4.65. The van der Waals surface area contributed by atoms with Crippen LogP contribution in [0.2, 0.25) is 0 Å². The van der Waals surface area contributed by atoms with Crippen molar-refractivity contribution >= 4 is 23.1 Å². The molecule has 26 heavy (non-hydrogen) atoms. The van der Waals surface area contributed by atoms with Crippen molar-refractivity contribution in [2.75, 3.05) is 41.3 Å². The molecule has 2 aromatic rings. The van der Waals surface area contributed by atoms with E-state index in [1.807, 2.05) is 36.4 Å². The van der Waals surface area contributed by atoms with Crippen LogP contribution in [0.15, 0.2) is 48.5 Å². The molecular weight excluding hydrogens is 331 g/mol. The maximum absolute atomic E-state index is 13.1. The van der Waals surface area contributed by atoms with Gasteiger partial charge >= 0.3 is 6.03 Å². The van der Waals surface area contributed by atoms with Gasteiger partial charge in [-0.05, 0) is 61.4 Å². The molecule has 0 bridgehead atoms. The van der Waals surface area contributed by atoms with Crippen LogP contribution in [0.3, 0.4) is 0 Å². The SMILES string of the molecule is O=C(Nc1ccc(N2CCN(c3ccc(F)cc3)CC2)cc1)NC1CC1. The first-order valence-electron chi connectivity index (χ1n) is 9.10. The number of amides is 2. The van der Waals surface area contributed by atoms with E-state index in [0.29, 0.717) is 6.04 Å². The number of piperazine rings is 1. The zero-order valence-electron chi connectivity index (χ0n) is 14.6. The Balaban J connectivity index is 1.31. The minimum Gasteiger partial charge on any atom is -0.368 e. The molecule has 0 radical (unpaired) electrons. The molecule has 2 aliphatic rings. The van der Waals surface area contributed by atoms with Gasteiger partial charge in [-0.25, -0.2) is 9.18 Å². The Morgan fingerprint density at radius 1 is 0.846 bits per heavy atom. The highest BCUT2D eigenvalue weighted by Gasteiger charge is 2.23. The fraction of sp³-hybridized carbons (Fsp3) is 0.350. The molecular formula is C20H23FN4O. The van der Waals surface area contributed by atoms with Crippen molar-refractivity contribution in [2.45, 2.75) is 18.9 Å². The van der Waals surface area contributed by atoms with Gasteiger partial charge in [0, 0.05) is 49.3 Å². The molecule has 5 nitrogen and oxygen atoms in total. The van der Waals surface area contributed by atoms with E-state index in [2.05, 4.69) is 20.4 Å². The van der Waals surface area contributed by atoms with Gasteiger partial charge in [0.25, 0.3) is 0 Å². The Morgan fingerprint density at radius 3 is 1.85 bits per heavy atom. The van der Waals surface area contributed by atoms with Crippen LogP contribution in [0.4, 0.5) is 26.2 Å². The van der Waals surface area contributed by atoms with Crippen molar-refractivity contribution in [3.05, 3.63) is 54.3 Å². The van der Waals surface area contributed by atoms with Gasteiger partial charge in [0.15, 0.2) is 0 Å². The average molecular weight is 354 g/mol. The van der Waals surface area contributed by atoms with Crippen molar-refractivity contribution in [3.63, 3.8) is 0 Å². The summed E-state index contributed by atoms with van der Waals surface area (Å²) in [5.41, 5.74) is 3.01. The summed E-state index contributed by atoms with van der Waals surface area (Å²) in [5.74, 6) is -0.202. The predicted octanol–water partition coefficient (Wildman–Crippen LogP) is 3.44. The summed E-state index contributed by atoms with van der Waals surface area (Å²) in [6.45, 7) is 3.61. The molecule has 1 saturated carbocycles. The molecule has 1 aliphatic carbocycles. The number of anilines is 3. The number of rotatable bonds is 4. The van der Waals surface area contributed by atoms with Crippen molar-refractivity contribution in [3.8, 4) is 0 Å². The summed E-state index contributed by atoms with van der Waals surface area (Å²) in [5, 5.41) is 5.78. The van der Waals surface area contributed by atoms with Crippen LogP contribution < -0.4 is 20.4 Å². The zero-order chi connectivity index (χ0) is 17.9. The molecule has 1 aliphatic heterocycles. The second-order valence-corrected chi connectivity index (χ2v) is 6.87. The molecule has 2 aromatic carbocycles. The lowest BCUT2D eigenvalue weighted by Gasteiger charge is -2.37. The van der Waals surface area contributed by atoms with Crippen molar-refractivity contribution in [2.24, 2.45) is 0 Å². The number of hydrogen-bond acceptors (Lipinski definition) is 3. The van der Waals surface area contributed by atoms with Crippen LogP contribution in [-0.2, 0) is 0 Å². The number of benzene rings is 2. The molecule has 0 spiro atoms. The Hall–Kier alpha value is -2.76. The van der Waals surface area contributed by atoms with E-state index >= 15 is 0 Å². The van der Waals surface area contributed by atoms with Crippen LogP contribution in [0.25, 0.3) is 0 Å². The van der Waals surface area contributed by atoms with Gasteiger partial charge in [0.2, 0.25) is 0 Å². The summed E-state index contributed by atoms with van der Waals surface area (Å²) < 4.78 is 13.1. The largest absolute Gasteiger partial charge is 0.368 e. The highest BCUT2D eigenvalue weighted by Crippen LogP contribution is 2.23. The normalized spacial score (nSPS) is 17.1. The van der Waals surface area contributed by atoms with Crippen LogP contribution in [-0.4, -0.2) is 38.3 Å². The zero-order valence-corrected chi connectivity index (χ0v) is 14.6. The first kappa shape index (κ1) is 16.7. The van der Waals surface area contributed by atoms with Crippen molar-refractivity contribution in [1.29, 1.82) is 0 Å². The molecule has 1 heterocycles. The third-order valence-electron chi connectivity index (χ3n) is 4.87. The third-order valence-corrected chi connectivity index (χ3v) is 4.87. The lowest BCUT2D eigenvalue weighted by atomic mass is 10.2. The van der Waals surface area contributed by atoms with Gasteiger partial charge < -0.3 is 20.4 Å². The average Bonchev–Trinajstić information content (AvgIpc) is 3.47. The smallest absolute Gasteiger partial charge is 0.319 e. The fourth-order valence-corrected chi connectivity index (χ4v) is 3.21. The summed E-state index contributed by atoms with van der Waals surface area (Å²) in [7, 11) is 0. The highest BCUT2D eigenvalue weighted by atomic mass is 19.1. The van der Waals surface area contributed by atoms with E-state index in [1.165, 1.54) is 12.1 Å². The van der Waals surface area contributed by atoms with E-state index in [9.17, 15) is 9.18 Å². The monoisotopic (exact) mass is 354 g/mol. The van der Waals surface area contributed by atoms with Gasteiger partial charge in [-0.1, -0.05) is 0 Å². The van der Waals surface area contributed by atoms with Gasteiger partial charge in [0.1, 0.15) is 5.82 Å². The quantitative estimate of drug-likeness (QED) is 0.884. The number of carbonyl (C=O) groups excluding carboxylic acids is 1. The van der Waals surface area contributed by atoms with Crippen LogP contribution in [0.5, 0.6) is 0 Å². The van der Waals surface area contributed by atoms with E-state index in [0.717, 1.165) is 56.1 Å². The topological polar surface area (TPSA) is 47.6 Å². The summed E-state index contributed by atoms with van der Waals surface area (Å²) in [6, 6.07) is 14.9. The Labute approximate surface area is 152 Å². The maximum atomic E-state index is 13.1. The first-order valence-corrected chi connectivity index (χ1v) is 9.10. The molecule has 6 heteroatoms. The van der Waals surface area contributed by atoms with Gasteiger partial charge in [0.05, 0.1) is 0 Å². The Bertz CT molecular complexity index is 750. The molecule has 1 saturated heterocycles. The van der Waals surface area contributed by atoms with E-state index in [4.69, 9.17) is 0 Å². The minimum absolute atomic E-state index is 0.131. The van der Waals surface area contributed by atoms with Crippen LogP contribution in [0, 0.1) is 5.82 Å². The van der Waals surface area contributed by atoms with Crippen molar-refractivity contribution < 1.29 is 9.18 Å². The van der Waals surface area contributed by atoms with E-state index in [1.54, 1.807) is 0 Å². The third kappa shape index (κ3) is 4.07. The molecule has 0 unspecified atom stereocenters. The fourth-order valence-electron chi connectivity index (χ4n) is 3.21.